The first-order valence-corrected chi connectivity index (χ1v) is 7.01. The summed E-state index contributed by atoms with van der Waals surface area (Å²) >= 11 is 1.70. The summed E-state index contributed by atoms with van der Waals surface area (Å²) in [4.78, 5) is 1.59. The largest absolute Gasteiger partial charge is 0.367 e. The highest BCUT2D eigenvalue weighted by Gasteiger charge is 2.19. The normalized spacial score (nSPS) is 12.0. The molecule has 0 aliphatic carbocycles. The molecule has 1 unspecified atom stereocenters. The maximum absolute atomic E-state index is 13.8. The van der Waals surface area contributed by atoms with Crippen LogP contribution in [0.15, 0.2) is 12.1 Å². The van der Waals surface area contributed by atoms with Crippen LogP contribution in [0.2, 0.25) is 0 Å². The molecule has 5 heteroatoms. The first-order valence-electron chi connectivity index (χ1n) is 5.62. The average molecular weight is 270 g/mol. The van der Waals surface area contributed by atoms with Crippen LogP contribution in [-0.2, 0) is 0 Å². The van der Waals surface area contributed by atoms with E-state index >= 15 is 0 Å². The van der Waals surface area contributed by atoms with Gasteiger partial charge in [0.15, 0.2) is 11.6 Å². The zero-order valence-corrected chi connectivity index (χ0v) is 11.5. The van der Waals surface area contributed by atoms with E-state index in [0.717, 1.165) is 24.3 Å². The molecule has 2 nitrogen and oxygen atoms in total. The number of hydrogen-bond acceptors (Lipinski definition) is 3. The van der Waals surface area contributed by atoms with E-state index in [1.54, 1.807) is 29.8 Å². The fraction of sp³-hybridized carbons (Fsp3) is 0.462. The predicted molar refractivity (Wildman–Crippen MR) is 71.9 cm³/mol. The highest BCUT2D eigenvalue weighted by atomic mass is 32.2. The summed E-state index contributed by atoms with van der Waals surface area (Å²) in [6, 6.07) is 3.90. The standard InChI is InChI=1S/C13H16F2N2S/c1-9(4-5-18-3)17(2)13-11(14)6-10(8-16)7-12(13)15/h6-7,9H,4-5H2,1-3H3. The molecule has 0 aliphatic rings. The Bertz CT molecular complexity index is 434. The molecule has 0 amide bonds. The van der Waals surface area contributed by atoms with E-state index in [4.69, 9.17) is 5.26 Å². The Kier molecular flexibility index (Phi) is 5.42. The summed E-state index contributed by atoms with van der Waals surface area (Å²) in [6.07, 6.45) is 2.84. The molecule has 1 aromatic rings. The highest BCUT2D eigenvalue weighted by molar-refractivity contribution is 7.98. The molecular formula is C13H16F2N2S. The third kappa shape index (κ3) is 3.36. The lowest BCUT2D eigenvalue weighted by atomic mass is 10.1. The number of anilines is 1. The molecule has 18 heavy (non-hydrogen) atoms. The Labute approximate surface area is 111 Å². The lowest BCUT2D eigenvalue weighted by Crippen LogP contribution is -2.31. The van der Waals surface area contributed by atoms with Crippen LogP contribution >= 0.6 is 11.8 Å². The van der Waals surface area contributed by atoms with E-state index in [2.05, 4.69) is 0 Å². The molecule has 1 aromatic carbocycles. The molecule has 0 saturated heterocycles. The predicted octanol–water partition coefficient (Wildman–Crippen LogP) is 3.41. The number of rotatable bonds is 5. The number of benzene rings is 1. The van der Waals surface area contributed by atoms with Crippen LogP contribution in [-0.4, -0.2) is 25.1 Å². The van der Waals surface area contributed by atoms with Crippen LogP contribution in [0.3, 0.4) is 0 Å². The van der Waals surface area contributed by atoms with Gasteiger partial charge in [-0.15, -0.1) is 0 Å². The first-order chi connectivity index (χ1) is 8.51. The van der Waals surface area contributed by atoms with Gasteiger partial charge in [0.1, 0.15) is 5.69 Å². The Balaban J connectivity index is 2.99. The smallest absolute Gasteiger partial charge is 0.150 e. The Hall–Kier alpha value is -1.28. The molecule has 1 atom stereocenters. The SMILES string of the molecule is CSCCC(C)N(C)c1c(F)cc(C#N)cc1F. The van der Waals surface area contributed by atoms with Crippen LogP contribution in [0.4, 0.5) is 14.5 Å². The second-order valence-electron chi connectivity index (χ2n) is 4.14. The molecule has 0 spiro atoms. The third-order valence-electron chi connectivity index (χ3n) is 2.90. The zero-order valence-electron chi connectivity index (χ0n) is 10.7. The van der Waals surface area contributed by atoms with Crippen LogP contribution in [0.5, 0.6) is 0 Å². The van der Waals surface area contributed by atoms with E-state index in [-0.39, 0.29) is 17.3 Å². The van der Waals surface area contributed by atoms with E-state index in [1.807, 2.05) is 13.2 Å². The topological polar surface area (TPSA) is 27.0 Å². The van der Waals surface area contributed by atoms with Crippen molar-refractivity contribution in [1.82, 2.24) is 0 Å². The van der Waals surface area contributed by atoms with Gasteiger partial charge in [-0.2, -0.15) is 17.0 Å². The van der Waals surface area contributed by atoms with E-state index in [1.165, 1.54) is 0 Å². The third-order valence-corrected chi connectivity index (χ3v) is 3.54. The lowest BCUT2D eigenvalue weighted by molar-refractivity contribution is 0.557. The summed E-state index contributed by atoms with van der Waals surface area (Å²) in [5.41, 5.74) is -0.0680. The van der Waals surface area contributed by atoms with Gasteiger partial charge in [0.25, 0.3) is 0 Å². The van der Waals surface area contributed by atoms with Gasteiger partial charge in [0.05, 0.1) is 11.6 Å². The average Bonchev–Trinajstić information content (AvgIpc) is 2.34. The quantitative estimate of drug-likeness (QED) is 0.820. The monoisotopic (exact) mass is 270 g/mol. The minimum Gasteiger partial charge on any atom is -0.367 e. The molecule has 0 bridgehead atoms. The first kappa shape index (κ1) is 14.8. The number of nitriles is 1. The number of hydrogen-bond donors (Lipinski definition) is 0. The second-order valence-corrected chi connectivity index (χ2v) is 5.13. The van der Waals surface area contributed by atoms with Crippen molar-refractivity contribution in [2.24, 2.45) is 0 Å². The Morgan fingerprint density at radius 3 is 2.39 bits per heavy atom. The molecule has 0 aliphatic heterocycles. The van der Waals surface area contributed by atoms with Gasteiger partial charge in [-0.1, -0.05) is 0 Å². The molecule has 98 valence electrons. The minimum absolute atomic E-state index is 0.00100. The molecule has 0 N–H and O–H groups in total. The molecule has 0 radical (unpaired) electrons. The molecule has 0 aromatic heterocycles. The molecular weight excluding hydrogens is 254 g/mol. The van der Waals surface area contributed by atoms with Crippen molar-refractivity contribution in [2.75, 3.05) is 24.0 Å². The van der Waals surface area contributed by atoms with Gasteiger partial charge in [0, 0.05) is 13.1 Å². The molecule has 0 fully saturated rings. The van der Waals surface area contributed by atoms with Gasteiger partial charge in [-0.05, 0) is 37.5 Å². The maximum atomic E-state index is 13.8. The maximum Gasteiger partial charge on any atom is 0.150 e. The highest BCUT2D eigenvalue weighted by Crippen LogP contribution is 2.26. The zero-order chi connectivity index (χ0) is 13.7. The van der Waals surface area contributed by atoms with E-state index in [0.29, 0.717) is 0 Å². The van der Waals surface area contributed by atoms with Crippen molar-refractivity contribution < 1.29 is 8.78 Å². The van der Waals surface area contributed by atoms with Crippen molar-refractivity contribution in [3.05, 3.63) is 29.3 Å². The molecule has 1 rings (SSSR count). The van der Waals surface area contributed by atoms with Crippen LogP contribution in [0.25, 0.3) is 0 Å². The fourth-order valence-corrected chi connectivity index (χ4v) is 2.25. The van der Waals surface area contributed by atoms with Crippen LogP contribution in [0, 0.1) is 23.0 Å². The van der Waals surface area contributed by atoms with Crippen molar-refractivity contribution in [1.29, 1.82) is 5.26 Å². The summed E-state index contributed by atoms with van der Waals surface area (Å²) in [5, 5.41) is 8.64. The van der Waals surface area contributed by atoms with E-state index < -0.39 is 11.6 Å². The van der Waals surface area contributed by atoms with Crippen LogP contribution in [0.1, 0.15) is 18.9 Å². The molecule has 0 saturated carbocycles. The summed E-state index contributed by atoms with van der Waals surface area (Å²) < 4.78 is 27.6. The number of thioether (sulfide) groups is 1. The van der Waals surface area contributed by atoms with Crippen molar-refractivity contribution in [3.8, 4) is 6.07 Å². The number of nitrogens with zero attached hydrogens (tertiary/aromatic N) is 2. The van der Waals surface area contributed by atoms with Gasteiger partial charge < -0.3 is 4.90 Å². The molecule has 0 heterocycles. The second kappa shape index (κ2) is 6.60. The Morgan fingerprint density at radius 2 is 1.94 bits per heavy atom. The Morgan fingerprint density at radius 1 is 1.39 bits per heavy atom. The lowest BCUT2D eigenvalue weighted by Gasteiger charge is -2.27. The fourth-order valence-electron chi connectivity index (χ4n) is 1.67. The summed E-state index contributed by atoms with van der Waals surface area (Å²) in [7, 11) is 1.67. The summed E-state index contributed by atoms with van der Waals surface area (Å²) in [5.74, 6) is -0.444. The van der Waals surface area contributed by atoms with Gasteiger partial charge in [0.2, 0.25) is 0 Å². The number of halogens is 2. The van der Waals surface area contributed by atoms with Gasteiger partial charge in [-0.25, -0.2) is 8.78 Å². The van der Waals surface area contributed by atoms with Crippen molar-refractivity contribution >= 4 is 17.4 Å². The van der Waals surface area contributed by atoms with E-state index in [9.17, 15) is 8.78 Å². The van der Waals surface area contributed by atoms with Crippen molar-refractivity contribution in [3.63, 3.8) is 0 Å². The van der Waals surface area contributed by atoms with Crippen LogP contribution < -0.4 is 4.90 Å². The minimum atomic E-state index is -0.690. The van der Waals surface area contributed by atoms with Crippen molar-refractivity contribution in [2.45, 2.75) is 19.4 Å². The van der Waals surface area contributed by atoms with Gasteiger partial charge in [-0.3, -0.25) is 0 Å². The van der Waals surface area contributed by atoms with Gasteiger partial charge >= 0.3 is 0 Å². The summed E-state index contributed by atoms with van der Waals surface area (Å²) in [6.45, 7) is 1.92.